The van der Waals surface area contributed by atoms with E-state index < -0.39 is 0 Å². The van der Waals surface area contributed by atoms with Gasteiger partial charge in [0.05, 0.1) is 24.6 Å². The van der Waals surface area contributed by atoms with Crippen LogP contribution < -0.4 is 10.6 Å². The first-order valence-electron chi connectivity index (χ1n) is 4.65. The molecule has 1 aromatic carbocycles. The number of morpholine rings is 1. The Kier molecular flexibility index (Phi) is 4.51. The van der Waals surface area contributed by atoms with E-state index in [4.69, 9.17) is 22.1 Å². The Morgan fingerprint density at radius 1 is 1.27 bits per heavy atom. The predicted octanol–water partition coefficient (Wildman–Crippen LogP) is 2.18. The Hall–Kier alpha value is -0.640. The zero-order valence-corrected chi connectivity index (χ0v) is 9.85. The Bertz CT molecular complexity index is 327. The van der Waals surface area contributed by atoms with Crippen molar-refractivity contribution in [1.29, 1.82) is 0 Å². The Morgan fingerprint density at radius 3 is 2.53 bits per heavy atom. The number of nitrogen functional groups attached to an aromatic ring is 1. The van der Waals surface area contributed by atoms with E-state index in [9.17, 15) is 0 Å². The zero-order valence-electron chi connectivity index (χ0n) is 8.28. The summed E-state index contributed by atoms with van der Waals surface area (Å²) < 4.78 is 5.28. The van der Waals surface area contributed by atoms with Crippen molar-refractivity contribution < 1.29 is 4.74 Å². The summed E-state index contributed by atoms with van der Waals surface area (Å²) in [7, 11) is 0. The van der Waals surface area contributed by atoms with Gasteiger partial charge in [-0.1, -0.05) is 11.6 Å². The summed E-state index contributed by atoms with van der Waals surface area (Å²) in [6, 6.07) is 5.61. The molecule has 0 bridgehead atoms. The minimum atomic E-state index is 0. The van der Waals surface area contributed by atoms with Crippen LogP contribution in [0.4, 0.5) is 11.4 Å². The van der Waals surface area contributed by atoms with Crippen LogP contribution in [0.2, 0.25) is 5.02 Å². The number of hydrogen-bond acceptors (Lipinski definition) is 3. The van der Waals surface area contributed by atoms with Gasteiger partial charge in [-0.2, -0.15) is 0 Å². The third-order valence-corrected chi connectivity index (χ3v) is 2.58. The van der Waals surface area contributed by atoms with Gasteiger partial charge in [0, 0.05) is 18.1 Å². The first-order chi connectivity index (χ1) is 6.77. The topological polar surface area (TPSA) is 38.5 Å². The van der Waals surface area contributed by atoms with E-state index in [1.165, 1.54) is 0 Å². The molecule has 1 aliphatic rings. The van der Waals surface area contributed by atoms with Crippen LogP contribution in [0.3, 0.4) is 0 Å². The van der Waals surface area contributed by atoms with Crippen LogP contribution in [-0.2, 0) is 4.74 Å². The lowest BCUT2D eigenvalue weighted by molar-refractivity contribution is 0.123. The molecule has 0 aliphatic carbocycles. The van der Waals surface area contributed by atoms with Crippen LogP contribution in [0.5, 0.6) is 0 Å². The first kappa shape index (κ1) is 12.4. The smallest absolute Gasteiger partial charge is 0.0642 e. The molecule has 0 unspecified atom stereocenters. The molecular weight excluding hydrogens is 235 g/mol. The lowest BCUT2D eigenvalue weighted by atomic mass is 10.2. The average Bonchev–Trinajstić information content (AvgIpc) is 2.19. The molecule has 15 heavy (non-hydrogen) atoms. The SMILES string of the molecule is Cl.Nc1cc(Cl)ccc1N1CCOCC1. The number of hydrogen-bond donors (Lipinski definition) is 1. The summed E-state index contributed by atoms with van der Waals surface area (Å²) in [5.41, 5.74) is 7.67. The maximum Gasteiger partial charge on any atom is 0.0642 e. The van der Waals surface area contributed by atoms with Crippen molar-refractivity contribution in [3.05, 3.63) is 23.2 Å². The molecule has 0 atom stereocenters. The molecule has 0 spiro atoms. The normalized spacial score (nSPS) is 15.9. The average molecular weight is 249 g/mol. The van der Waals surface area contributed by atoms with Gasteiger partial charge in [0.1, 0.15) is 0 Å². The molecule has 0 radical (unpaired) electrons. The van der Waals surface area contributed by atoms with Crippen molar-refractivity contribution in [1.82, 2.24) is 0 Å². The molecule has 1 aromatic rings. The van der Waals surface area contributed by atoms with E-state index in [1.807, 2.05) is 12.1 Å². The molecule has 0 amide bonds. The Morgan fingerprint density at radius 2 is 1.93 bits per heavy atom. The fourth-order valence-corrected chi connectivity index (χ4v) is 1.80. The third-order valence-electron chi connectivity index (χ3n) is 2.34. The standard InChI is InChI=1S/C10H13ClN2O.ClH/c11-8-1-2-10(9(12)7-8)13-3-5-14-6-4-13;/h1-2,7H,3-6,12H2;1H. The highest BCUT2D eigenvalue weighted by molar-refractivity contribution is 6.31. The molecule has 1 heterocycles. The number of anilines is 2. The highest BCUT2D eigenvalue weighted by atomic mass is 35.5. The van der Waals surface area contributed by atoms with E-state index in [1.54, 1.807) is 6.07 Å². The first-order valence-corrected chi connectivity index (χ1v) is 5.03. The molecule has 2 rings (SSSR count). The van der Waals surface area contributed by atoms with Crippen LogP contribution in [0, 0.1) is 0 Å². The van der Waals surface area contributed by atoms with Crippen LogP contribution in [0.1, 0.15) is 0 Å². The molecule has 1 fully saturated rings. The summed E-state index contributed by atoms with van der Waals surface area (Å²) in [6.45, 7) is 3.32. The predicted molar refractivity (Wildman–Crippen MR) is 66.1 cm³/mol. The van der Waals surface area contributed by atoms with Crippen molar-refractivity contribution in [2.24, 2.45) is 0 Å². The summed E-state index contributed by atoms with van der Waals surface area (Å²) in [5, 5.41) is 0.680. The van der Waals surface area contributed by atoms with Crippen molar-refractivity contribution in [3.63, 3.8) is 0 Å². The van der Waals surface area contributed by atoms with Crippen LogP contribution in [0.25, 0.3) is 0 Å². The van der Waals surface area contributed by atoms with E-state index in [0.717, 1.165) is 37.7 Å². The second-order valence-corrected chi connectivity index (χ2v) is 3.74. The molecule has 1 saturated heterocycles. The fraction of sp³-hybridized carbons (Fsp3) is 0.400. The molecule has 5 heteroatoms. The highest BCUT2D eigenvalue weighted by Crippen LogP contribution is 2.26. The lowest BCUT2D eigenvalue weighted by Gasteiger charge is -2.29. The second-order valence-electron chi connectivity index (χ2n) is 3.30. The van der Waals surface area contributed by atoms with E-state index >= 15 is 0 Å². The number of nitrogens with two attached hydrogens (primary N) is 1. The number of rotatable bonds is 1. The molecule has 3 nitrogen and oxygen atoms in total. The van der Waals surface area contributed by atoms with Gasteiger partial charge in [-0.05, 0) is 18.2 Å². The summed E-state index contributed by atoms with van der Waals surface area (Å²) in [5.74, 6) is 0. The number of nitrogens with zero attached hydrogens (tertiary/aromatic N) is 1. The van der Waals surface area contributed by atoms with Gasteiger partial charge in [-0.15, -0.1) is 12.4 Å². The number of benzene rings is 1. The van der Waals surface area contributed by atoms with Crippen molar-refractivity contribution in [2.45, 2.75) is 0 Å². The minimum Gasteiger partial charge on any atom is -0.397 e. The van der Waals surface area contributed by atoms with Crippen LogP contribution in [-0.4, -0.2) is 26.3 Å². The quantitative estimate of drug-likeness (QED) is 0.775. The zero-order chi connectivity index (χ0) is 9.97. The molecule has 0 saturated carbocycles. The third kappa shape index (κ3) is 2.91. The van der Waals surface area contributed by atoms with E-state index in [2.05, 4.69) is 4.90 Å². The maximum atomic E-state index is 5.89. The minimum absolute atomic E-state index is 0. The molecular formula is C10H14Cl2N2O. The molecule has 1 aliphatic heterocycles. The van der Waals surface area contributed by atoms with E-state index in [-0.39, 0.29) is 12.4 Å². The van der Waals surface area contributed by atoms with Gasteiger partial charge in [0.15, 0.2) is 0 Å². The second kappa shape index (κ2) is 5.45. The van der Waals surface area contributed by atoms with Crippen LogP contribution >= 0.6 is 24.0 Å². The van der Waals surface area contributed by atoms with E-state index in [0.29, 0.717) is 5.02 Å². The van der Waals surface area contributed by atoms with Crippen molar-refractivity contribution in [2.75, 3.05) is 36.9 Å². The Labute approximate surface area is 101 Å². The molecule has 0 aromatic heterocycles. The van der Waals surface area contributed by atoms with Gasteiger partial charge < -0.3 is 15.4 Å². The van der Waals surface area contributed by atoms with Gasteiger partial charge in [0.2, 0.25) is 0 Å². The fourth-order valence-electron chi connectivity index (χ4n) is 1.62. The largest absolute Gasteiger partial charge is 0.397 e. The van der Waals surface area contributed by atoms with Gasteiger partial charge in [0.25, 0.3) is 0 Å². The molecule has 2 N–H and O–H groups in total. The maximum absolute atomic E-state index is 5.89. The number of halogens is 2. The lowest BCUT2D eigenvalue weighted by Crippen LogP contribution is -2.36. The van der Waals surface area contributed by atoms with Crippen molar-refractivity contribution in [3.8, 4) is 0 Å². The number of ether oxygens (including phenoxy) is 1. The summed E-state index contributed by atoms with van der Waals surface area (Å²) in [4.78, 5) is 2.22. The summed E-state index contributed by atoms with van der Waals surface area (Å²) in [6.07, 6.45) is 0. The van der Waals surface area contributed by atoms with Gasteiger partial charge in [-0.3, -0.25) is 0 Å². The highest BCUT2D eigenvalue weighted by Gasteiger charge is 2.13. The monoisotopic (exact) mass is 248 g/mol. The Balaban J connectivity index is 0.00000112. The molecule has 84 valence electrons. The van der Waals surface area contributed by atoms with Gasteiger partial charge >= 0.3 is 0 Å². The summed E-state index contributed by atoms with van der Waals surface area (Å²) >= 11 is 5.83. The van der Waals surface area contributed by atoms with Gasteiger partial charge in [-0.25, -0.2) is 0 Å². The van der Waals surface area contributed by atoms with Crippen LogP contribution in [0.15, 0.2) is 18.2 Å². The van der Waals surface area contributed by atoms with Crippen molar-refractivity contribution >= 4 is 35.4 Å².